The van der Waals surface area contributed by atoms with E-state index in [1.165, 1.54) is 60.8 Å². The van der Waals surface area contributed by atoms with Gasteiger partial charge in [-0.1, -0.05) is 6.08 Å². The highest BCUT2D eigenvalue weighted by molar-refractivity contribution is 7.19. The molecule has 2 aliphatic rings. The number of fused-ring (bicyclic) bond motifs is 3. The minimum absolute atomic E-state index is 0.283. The van der Waals surface area contributed by atoms with Gasteiger partial charge in [0.2, 0.25) is 5.95 Å². The van der Waals surface area contributed by atoms with Gasteiger partial charge in [0.05, 0.1) is 5.39 Å². The van der Waals surface area contributed by atoms with E-state index in [-0.39, 0.29) is 6.04 Å². The molecule has 6 heteroatoms. The highest BCUT2D eigenvalue weighted by Crippen LogP contribution is 2.40. The number of anilines is 2. The Kier molecular flexibility index (Phi) is 5.88. The summed E-state index contributed by atoms with van der Waals surface area (Å²) >= 11 is 1.86. The largest absolute Gasteiger partial charge is 0.367 e. The van der Waals surface area contributed by atoms with Crippen LogP contribution in [-0.4, -0.2) is 47.1 Å². The number of nitrogens with zero attached hydrogens (tertiary/aromatic N) is 3. The average Bonchev–Trinajstić information content (AvgIpc) is 3.23. The molecule has 2 aromatic heterocycles. The van der Waals surface area contributed by atoms with E-state index >= 15 is 0 Å². The predicted molar refractivity (Wildman–Crippen MR) is 121 cm³/mol. The van der Waals surface area contributed by atoms with Crippen molar-refractivity contribution < 1.29 is 0 Å². The van der Waals surface area contributed by atoms with Crippen molar-refractivity contribution in [2.24, 2.45) is 0 Å². The summed E-state index contributed by atoms with van der Waals surface area (Å²) in [5.74, 6) is 1.79. The van der Waals surface area contributed by atoms with Gasteiger partial charge in [-0.15, -0.1) is 17.9 Å². The number of rotatable bonds is 7. The molecule has 1 atom stereocenters. The summed E-state index contributed by atoms with van der Waals surface area (Å²) in [4.78, 5) is 14.8. The maximum Gasteiger partial charge on any atom is 0.226 e. The number of nitrogens with one attached hydrogen (secondary N) is 2. The minimum Gasteiger partial charge on any atom is -0.367 e. The van der Waals surface area contributed by atoms with Crippen LogP contribution in [0.25, 0.3) is 10.2 Å². The zero-order chi connectivity index (χ0) is 19.7. The maximum atomic E-state index is 4.95. The Morgan fingerprint density at radius 2 is 2.00 bits per heavy atom. The Bertz CT molecular complexity index is 835. The molecule has 2 aromatic rings. The molecule has 1 fully saturated rings. The Balaban J connectivity index is 1.60. The number of hydrogen-bond donors (Lipinski definition) is 2. The van der Waals surface area contributed by atoms with Crippen LogP contribution < -0.4 is 10.6 Å². The molecule has 0 radical (unpaired) electrons. The molecule has 1 unspecified atom stereocenters. The Morgan fingerprint density at radius 1 is 1.21 bits per heavy atom. The lowest BCUT2D eigenvalue weighted by molar-refractivity contribution is 0.221. The number of aromatic nitrogens is 2. The minimum atomic E-state index is 0.283. The third kappa shape index (κ3) is 4.03. The molecular weight excluding hydrogens is 366 g/mol. The summed E-state index contributed by atoms with van der Waals surface area (Å²) < 4.78 is 0. The SMILES string of the molecule is C=CCC(C)Nc1nc(NC2CCC(N(C)C)CC2)c2c3c(sc2n1)CCC3. The van der Waals surface area contributed by atoms with Gasteiger partial charge in [0.15, 0.2) is 0 Å². The Hall–Kier alpha value is -1.66. The first-order chi connectivity index (χ1) is 13.5. The van der Waals surface area contributed by atoms with Gasteiger partial charge in [0.25, 0.3) is 0 Å². The van der Waals surface area contributed by atoms with Gasteiger partial charge < -0.3 is 15.5 Å². The molecule has 5 nitrogen and oxygen atoms in total. The van der Waals surface area contributed by atoms with Crippen molar-refractivity contribution in [1.29, 1.82) is 0 Å². The second-order valence-electron chi connectivity index (χ2n) is 8.62. The normalized spacial score (nSPS) is 23.0. The van der Waals surface area contributed by atoms with E-state index in [1.54, 1.807) is 0 Å². The summed E-state index contributed by atoms with van der Waals surface area (Å²) in [5.41, 5.74) is 1.50. The van der Waals surface area contributed by atoms with E-state index in [9.17, 15) is 0 Å². The van der Waals surface area contributed by atoms with Crippen molar-refractivity contribution in [2.75, 3.05) is 24.7 Å². The van der Waals surface area contributed by atoms with Gasteiger partial charge in [0, 0.05) is 23.0 Å². The Morgan fingerprint density at radius 3 is 2.71 bits per heavy atom. The third-order valence-corrected chi connectivity index (χ3v) is 7.41. The highest BCUT2D eigenvalue weighted by Gasteiger charge is 2.26. The van der Waals surface area contributed by atoms with Gasteiger partial charge in [-0.2, -0.15) is 4.98 Å². The quantitative estimate of drug-likeness (QED) is 0.653. The van der Waals surface area contributed by atoms with Crippen LogP contribution in [0.2, 0.25) is 0 Å². The molecule has 0 bridgehead atoms. The van der Waals surface area contributed by atoms with Crippen LogP contribution in [0.3, 0.4) is 0 Å². The first-order valence-electron chi connectivity index (χ1n) is 10.7. The van der Waals surface area contributed by atoms with Crippen molar-refractivity contribution in [3.05, 3.63) is 23.1 Å². The van der Waals surface area contributed by atoms with Crippen molar-refractivity contribution in [3.8, 4) is 0 Å². The standard InChI is InChI=1S/C22H33N5S/c1-5-7-14(2)23-22-25-20(24-15-10-12-16(13-11-15)27(3)4)19-17-8-6-9-18(17)28-21(19)26-22/h5,14-16H,1,6-13H2,2-4H3,(H2,23,24,25,26). The molecule has 0 aromatic carbocycles. The molecule has 0 saturated heterocycles. The monoisotopic (exact) mass is 399 g/mol. The molecule has 2 aliphatic carbocycles. The molecular formula is C22H33N5S. The molecule has 0 amide bonds. The van der Waals surface area contributed by atoms with Gasteiger partial charge in [-0.05, 0) is 77.9 Å². The molecule has 2 N–H and O–H groups in total. The van der Waals surface area contributed by atoms with Crippen molar-refractivity contribution in [3.63, 3.8) is 0 Å². The maximum absolute atomic E-state index is 4.95. The molecule has 152 valence electrons. The topological polar surface area (TPSA) is 53.1 Å². The van der Waals surface area contributed by atoms with Gasteiger partial charge in [-0.3, -0.25) is 0 Å². The molecule has 4 rings (SSSR count). The first kappa shape index (κ1) is 19.6. The third-order valence-electron chi connectivity index (χ3n) is 6.23. The second-order valence-corrected chi connectivity index (χ2v) is 9.70. The Labute approximate surface area is 172 Å². The summed E-state index contributed by atoms with van der Waals surface area (Å²) in [7, 11) is 4.40. The highest BCUT2D eigenvalue weighted by atomic mass is 32.1. The number of aryl methyl sites for hydroxylation is 2. The van der Waals surface area contributed by atoms with Crippen molar-refractivity contribution >= 4 is 33.3 Å². The molecule has 0 spiro atoms. The number of hydrogen-bond acceptors (Lipinski definition) is 6. The predicted octanol–water partition coefficient (Wildman–Crippen LogP) is 4.84. The van der Waals surface area contributed by atoms with Crippen LogP contribution in [0.4, 0.5) is 11.8 Å². The average molecular weight is 400 g/mol. The zero-order valence-corrected chi connectivity index (χ0v) is 18.2. The van der Waals surface area contributed by atoms with Gasteiger partial charge in [-0.25, -0.2) is 4.98 Å². The van der Waals surface area contributed by atoms with Gasteiger partial charge >= 0.3 is 0 Å². The van der Waals surface area contributed by atoms with E-state index < -0.39 is 0 Å². The van der Waals surface area contributed by atoms with E-state index in [4.69, 9.17) is 9.97 Å². The fourth-order valence-corrected chi connectivity index (χ4v) is 5.89. The van der Waals surface area contributed by atoms with Crippen LogP contribution in [0.1, 0.15) is 55.9 Å². The van der Waals surface area contributed by atoms with E-state index in [1.807, 2.05) is 17.4 Å². The summed E-state index contributed by atoms with van der Waals surface area (Å²) in [6, 6.07) is 1.50. The van der Waals surface area contributed by atoms with E-state index in [0.29, 0.717) is 12.1 Å². The molecule has 0 aliphatic heterocycles. The van der Waals surface area contributed by atoms with E-state index in [2.05, 4.69) is 43.1 Å². The number of thiophene rings is 1. The van der Waals surface area contributed by atoms with Crippen LogP contribution in [0.15, 0.2) is 12.7 Å². The summed E-state index contributed by atoms with van der Waals surface area (Å²) in [5, 5.41) is 8.57. The second kappa shape index (κ2) is 8.37. The molecule has 1 saturated carbocycles. The van der Waals surface area contributed by atoms with Crippen molar-refractivity contribution in [1.82, 2.24) is 14.9 Å². The summed E-state index contributed by atoms with van der Waals surface area (Å²) in [6.45, 7) is 6.00. The van der Waals surface area contributed by atoms with Crippen LogP contribution in [-0.2, 0) is 12.8 Å². The fraction of sp³-hybridized carbons (Fsp3) is 0.636. The van der Waals surface area contributed by atoms with Gasteiger partial charge in [0.1, 0.15) is 10.6 Å². The lowest BCUT2D eigenvalue weighted by Gasteiger charge is -2.33. The summed E-state index contributed by atoms with van der Waals surface area (Å²) in [6.07, 6.45) is 11.4. The fourth-order valence-electron chi connectivity index (χ4n) is 4.62. The lowest BCUT2D eigenvalue weighted by Crippen LogP contribution is -2.36. The van der Waals surface area contributed by atoms with Crippen LogP contribution in [0.5, 0.6) is 0 Å². The first-order valence-corrected chi connectivity index (χ1v) is 11.5. The van der Waals surface area contributed by atoms with Crippen LogP contribution >= 0.6 is 11.3 Å². The lowest BCUT2D eigenvalue weighted by atomic mass is 9.90. The smallest absolute Gasteiger partial charge is 0.226 e. The van der Waals surface area contributed by atoms with Crippen molar-refractivity contribution in [2.45, 2.75) is 76.4 Å². The van der Waals surface area contributed by atoms with E-state index in [0.717, 1.165) is 23.0 Å². The molecule has 28 heavy (non-hydrogen) atoms. The van der Waals surface area contributed by atoms with Crippen LogP contribution in [0, 0.1) is 0 Å². The molecule has 2 heterocycles. The zero-order valence-electron chi connectivity index (χ0n) is 17.4.